The van der Waals surface area contributed by atoms with Gasteiger partial charge in [0.2, 0.25) is 0 Å². The third-order valence-corrected chi connectivity index (χ3v) is 4.08. The first-order valence-electron chi connectivity index (χ1n) is 6.26. The first-order valence-corrected chi connectivity index (χ1v) is 7.14. The lowest BCUT2D eigenvalue weighted by atomic mass is 9.93. The molecule has 0 aliphatic heterocycles. The van der Waals surface area contributed by atoms with Crippen LogP contribution in [0.1, 0.15) is 38.0 Å². The largest absolute Gasteiger partial charge is 0.335 e. The number of thiophene rings is 1. The van der Waals surface area contributed by atoms with Gasteiger partial charge in [0.05, 0.1) is 6.54 Å². The minimum atomic E-state index is 0.0816. The monoisotopic (exact) mass is 252 g/mol. The van der Waals surface area contributed by atoms with Crippen molar-refractivity contribution in [2.75, 3.05) is 0 Å². The Balaban J connectivity index is 1.93. The van der Waals surface area contributed by atoms with Gasteiger partial charge in [-0.2, -0.15) is 0 Å². The minimum Gasteiger partial charge on any atom is -0.335 e. The molecule has 2 rings (SSSR count). The van der Waals surface area contributed by atoms with Crippen molar-refractivity contribution < 1.29 is 4.79 Å². The fourth-order valence-electron chi connectivity index (χ4n) is 1.87. The molecule has 2 amide bonds. The highest BCUT2D eigenvalue weighted by molar-refractivity contribution is 7.09. The number of hydrogen-bond acceptors (Lipinski definition) is 2. The number of nitrogens with one attached hydrogen (secondary N) is 1. The van der Waals surface area contributed by atoms with E-state index < -0.39 is 0 Å². The predicted molar refractivity (Wildman–Crippen MR) is 71.2 cm³/mol. The van der Waals surface area contributed by atoms with E-state index in [0.29, 0.717) is 12.6 Å². The Hall–Kier alpha value is -1.03. The summed E-state index contributed by atoms with van der Waals surface area (Å²) in [4.78, 5) is 15.3. The van der Waals surface area contributed by atoms with Gasteiger partial charge in [0, 0.05) is 17.0 Å². The zero-order chi connectivity index (χ0) is 12.3. The molecule has 0 atom stereocenters. The number of urea groups is 1. The van der Waals surface area contributed by atoms with Crippen molar-refractivity contribution in [2.45, 2.75) is 51.7 Å². The van der Waals surface area contributed by atoms with Gasteiger partial charge in [0.25, 0.3) is 0 Å². The lowest BCUT2D eigenvalue weighted by molar-refractivity contribution is 0.170. The van der Waals surface area contributed by atoms with E-state index in [-0.39, 0.29) is 12.1 Å². The molecule has 1 aliphatic carbocycles. The molecule has 1 heterocycles. The van der Waals surface area contributed by atoms with E-state index in [9.17, 15) is 4.79 Å². The Morgan fingerprint density at radius 2 is 2.35 bits per heavy atom. The number of carbonyl (C=O) groups excluding carboxylic acids is 1. The Bertz CT molecular complexity index is 358. The van der Waals surface area contributed by atoms with E-state index in [4.69, 9.17) is 0 Å². The molecule has 1 aliphatic rings. The van der Waals surface area contributed by atoms with Crippen molar-refractivity contribution >= 4 is 17.4 Å². The molecule has 0 aromatic carbocycles. The van der Waals surface area contributed by atoms with Crippen molar-refractivity contribution in [1.29, 1.82) is 0 Å². The molecule has 1 fully saturated rings. The first kappa shape index (κ1) is 12.4. The highest BCUT2D eigenvalue weighted by Crippen LogP contribution is 2.19. The van der Waals surface area contributed by atoms with E-state index in [1.807, 2.05) is 11.0 Å². The van der Waals surface area contributed by atoms with Gasteiger partial charge < -0.3 is 10.2 Å². The number of carbonyl (C=O) groups is 1. The molecule has 94 valence electrons. The predicted octanol–water partition coefficient (Wildman–Crippen LogP) is 3.22. The molecule has 1 aromatic rings. The molecule has 0 spiro atoms. The fourth-order valence-corrected chi connectivity index (χ4v) is 2.57. The van der Waals surface area contributed by atoms with E-state index in [0.717, 1.165) is 12.8 Å². The van der Waals surface area contributed by atoms with Crippen LogP contribution >= 0.6 is 11.3 Å². The van der Waals surface area contributed by atoms with Crippen LogP contribution in [0.4, 0.5) is 4.79 Å². The summed E-state index contributed by atoms with van der Waals surface area (Å²) < 4.78 is 0. The van der Waals surface area contributed by atoms with Gasteiger partial charge in [-0.3, -0.25) is 0 Å². The van der Waals surface area contributed by atoms with Gasteiger partial charge in [0.1, 0.15) is 0 Å². The lowest BCUT2D eigenvalue weighted by Gasteiger charge is -2.32. The Morgan fingerprint density at radius 3 is 2.82 bits per heavy atom. The van der Waals surface area contributed by atoms with Crippen molar-refractivity contribution in [2.24, 2.45) is 0 Å². The van der Waals surface area contributed by atoms with Gasteiger partial charge in [-0.1, -0.05) is 6.07 Å². The highest BCUT2D eigenvalue weighted by Gasteiger charge is 2.24. The summed E-state index contributed by atoms with van der Waals surface area (Å²) in [5.41, 5.74) is 0. The van der Waals surface area contributed by atoms with Crippen LogP contribution in [0, 0.1) is 0 Å². The lowest BCUT2D eigenvalue weighted by Crippen LogP contribution is -2.49. The van der Waals surface area contributed by atoms with Crippen LogP contribution in [0.5, 0.6) is 0 Å². The quantitative estimate of drug-likeness (QED) is 0.876. The second kappa shape index (κ2) is 5.54. The smallest absolute Gasteiger partial charge is 0.318 e. The summed E-state index contributed by atoms with van der Waals surface area (Å²) in [6, 6.07) is 4.83. The van der Waals surface area contributed by atoms with Crippen molar-refractivity contribution in [1.82, 2.24) is 10.2 Å². The molecule has 3 nitrogen and oxygen atoms in total. The molecule has 0 bridgehead atoms. The van der Waals surface area contributed by atoms with E-state index in [1.54, 1.807) is 11.3 Å². The number of rotatable bonds is 4. The maximum Gasteiger partial charge on any atom is 0.318 e. The van der Waals surface area contributed by atoms with E-state index in [2.05, 4.69) is 30.6 Å². The topological polar surface area (TPSA) is 32.3 Å². The third-order valence-electron chi connectivity index (χ3n) is 3.22. The van der Waals surface area contributed by atoms with Crippen LogP contribution in [0.25, 0.3) is 0 Å². The van der Waals surface area contributed by atoms with Gasteiger partial charge in [-0.25, -0.2) is 4.79 Å². The number of hydrogen-bond donors (Lipinski definition) is 1. The molecule has 1 saturated carbocycles. The SMILES string of the molecule is CC(C)N(Cc1cccs1)C(=O)NC1CCC1. The zero-order valence-corrected chi connectivity index (χ0v) is 11.3. The summed E-state index contributed by atoms with van der Waals surface area (Å²) in [5.74, 6) is 0. The van der Waals surface area contributed by atoms with E-state index >= 15 is 0 Å². The average molecular weight is 252 g/mol. The normalized spacial score (nSPS) is 15.7. The summed E-state index contributed by atoms with van der Waals surface area (Å²) >= 11 is 1.70. The highest BCUT2D eigenvalue weighted by atomic mass is 32.1. The van der Waals surface area contributed by atoms with Crippen LogP contribution in [0.2, 0.25) is 0 Å². The van der Waals surface area contributed by atoms with Crippen molar-refractivity contribution in [3.05, 3.63) is 22.4 Å². The Labute approximate surface area is 107 Å². The van der Waals surface area contributed by atoms with Crippen molar-refractivity contribution in [3.63, 3.8) is 0 Å². The summed E-state index contributed by atoms with van der Waals surface area (Å²) in [6.07, 6.45) is 3.52. The molecule has 0 unspecified atom stereocenters. The summed E-state index contributed by atoms with van der Waals surface area (Å²) in [5, 5.41) is 5.16. The van der Waals surface area contributed by atoms with Gasteiger partial charge in [-0.15, -0.1) is 11.3 Å². The van der Waals surface area contributed by atoms with Gasteiger partial charge >= 0.3 is 6.03 Å². The maximum absolute atomic E-state index is 12.1. The molecule has 1 aromatic heterocycles. The minimum absolute atomic E-state index is 0.0816. The third kappa shape index (κ3) is 3.22. The second-order valence-electron chi connectivity index (χ2n) is 4.88. The summed E-state index contributed by atoms with van der Waals surface area (Å²) in [6.45, 7) is 4.84. The number of amides is 2. The average Bonchev–Trinajstić information content (AvgIpc) is 2.72. The Kier molecular flexibility index (Phi) is 4.05. The van der Waals surface area contributed by atoms with Crippen LogP contribution in [0.15, 0.2) is 17.5 Å². The van der Waals surface area contributed by atoms with Gasteiger partial charge in [-0.05, 0) is 44.6 Å². The van der Waals surface area contributed by atoms with Crippen LogP contribution in [-0.4, -0.2) is 23.0 Å². The molecule has 17 heavy (non-hydrogen) atoms. The second-order valence-corrected chi connectivity index (χ2v) is 5.91. The van der Waals surface area contributed by atoms with Crippen LogP contribution in [-0.2, 0) is 6.54 Å². The molecule has 0 radical (unpaired) electrons. The van der Waals surface area contributed by atoms with Crippen LogP contribution < -0.4 is 5.32 Å². The molecular weight excluding hydrogens is 232 g/mol. The zero-order valence-electron chi connectivity index (χ0n) is 10.5. The van der Waals surface area contributed by atoms with Gasteiger partial charge in [0.15, 0.2) is 0 Å². The van der Waals surface area contributed by atoms with Crippen LogP contribution in [0.3, 0.4) is 0 Å². The standard InChI is InChI=1S/C13H20N2OS/c1-10(2)15(9-12-7-4-8-17-12)13(16)14-11-5-3-6-11/h4,7-8,10-11H,3,5-6,9H2,1-2H3,(H,14,16). The molecule has 4 heteroatoms. The first-order chi connectivity index (χ1) is 8.16. The maximum atomic E-state index is 12.1. The number of nitrogens with zero attached hydrogens (tertiary/aromatic N) is 1. The Morgan fingerprint density at radius 1 is 1.59 bits per heavy atom. The van der Waals surface area contributed by atoms with E-state index in [1.165, 1.54) is 11.3 Å². The fraction of sp³-hybridized carbons (Fsp3) is 0.615. The van der Waals surface area contributed by atoms with Crippen molar-refractivity contribution in [3.8, 4) is 0 Å². The summed E-state index contributed by atoms with van der Waals surface area (Å²) in [7, 11) is 0. The molecular formula is C13H20N2OS. The molecule has 1 N–H and O–H groups in total. The molecule has 0 saturated heterocycles.